The molecule has 0 rings (SSSR count). The number of nitrogens with one attached hydrogen (secondary N) is 1. The molecule has 0 unspecified atom stereocenters. The molecule has 3 nitrogen and oxygen atoms in total. The topological polar surface area (TPSA) is 50.4 Å². The lowest BCUT2D eigenvalue weighted by atomic mass is 10.2. The summed E-state index contributed by atoms with van der Waals surface area (Å²) < 4.78 is 0. The first-order valence-electron chi connectivity index (χ1n) is 4.95. The van der Waals surface area contributed by atoms with Gasteiger partial charge in [0.1, 0.15) is 0 Å². The van der Waals surface area contributed by atoms with Gasteiger partial charge in [-0.2, -0.15) is 0 Å². The number of rotatable bonds is 5. The monoisotopic (exact) mass is 207 g/mol. The minimum atomic E-state index is 0.325. The smallest absolute Gasteiger partial charge is 0.0850 e. The van der Waals surface area contributed by atoms with E-state index in [4.69, 9.17) is 5.73 Å². The Morgan fingerprint density at radius 1 is 1.40 bits per heavy atom. The van der Waals surface area contributed by atoms with Crippen LogP contribution in [-0.4, -0.2) is 12.8 Å². The predicted octanol–water partition coefficient (Wildman–Crippen LogP) is 2.34. The Labute approximate surface area is 92.5 Å². The first kappa shape index (κ1) is 13.5. The molecule has 84 valence electrons. The summed E-state index contributed by atoms with van der Waals surface area (Å²) in [4.78, 5) is 3.92. The molecular formula is C12H21N3. The van der Waals surface area contributed by atoms with Crippen molar-refractivity contribution in [2.75, 3.05) is 0 Å². The second kappa shape index (κ2) is 6.06. The quantitative estimate of drug-likeness (QED) is 0.537. The minimum absolute atomic E-state index is 0.325. The van der Waals surface area contributed by atoms with Crippen LogP contribution in [0, 0.1) is 0 Å². The zero-order valence-electron chi connectivity index (χ0n) is 10.1. The van der Waals surface area contributed by atoms with Crippen molar-refractivity contribution in [2.24, 2.45) is 10.7 Å². The van der Waals surface area contributed by atoms with Crippen LogP contribution in [0.1, 0.15) is 27.7 Å². The van der Waals surface area contributed by atoms with Gasteiger partial charge < -0.3 is 11.1 Å². The molecule has 3 heteroatoms. The van der Waals surface area contributed by atoms with E-state index >= 15 is 0 Å². The molecule has 0 aromatic heterocycles. The molecule has 0 aliphatic heterocycles. The van der Waals surface area contributed by atoms with Gasteiger partial charge in [-0.15, -0.1) is 0 Å². The molecule has 0 atom stereocenters. The summed E-state index contributed by atoms with van der Waals surface area (Å²) in [6, 6.07) is 0.325. The van der Waals surface area contributed by atoms with Crippen molar-refractivity contribution in [2.45, 2.75) is 33.7 Å². The van der Waals surface area contributed by atoms with Gasteiger partial charge in [-0.25, -0.2) is 0 Å². The molecule has 0 aromatic rings. The Hall–Kier alpha value is -1.51. The van der Waals surface area contributed by atoms with Crippen LogP contribution in [0.25, 0.3) is 0 Å². The van der Waals surface area contributed by atoms with E-state index in [-0.39, 0.29) is 0 Å². The van der Waals surface area contributed by atoms with Crippen molar-refractivity contribution in [3.05, 3.63) is 35.3 Å². The second-order valence-corrected chi connectivity index (χ2v) is 3.83. The van der Waals surface area contributed by atoms with Gasteiger partial charge in [0, 0.05) is 11.7 Å². The van der Waals surface area contributed by atoms with Crippen LogP contribution < -0.4 is 11.1 Å². The molecule has 0 radical (unpaired) electrons. The van der Waals surface area contributed by atoms with Crippen LogP contribution >= 0.6 is 0 Å². The highest BCUT2D eigenvalue weighted by molar-refractivity contribution is 5.41. The van der Waals surface area contributed by atoms with Gasteiger partial charge in [-0.3, -0.25) is 4.99 Å². The van der Waals surface area contributed by atoms with Gasteiger partial charge in [0.2, 0.25) is 0 Å². The average Bonchev–Trinajstić information content (AvgIpc) is 2.11. The molecule has 0 aliphatic rings. The standard InChI is InChI=1S/C12H21N3/c1-8(2)15-11(5)12(14-6)7-9(3)10(4)13/h7-8,15H,5-6,13H2,1-4H3/b10-9-,12-7+. The van der Waals surface area contributed by atoms with Crippen LogP contribution in [0.3, 0.4) is 0 Å². The molecule has 0 bridgehead atoms. The Morgan fingerprint density at radius 3 is 2.27 bits per heavy atom. The summed E-state index contributed by atoms with van der Waals surface area (Å²) in [5.41, 5.74) is 8.90. The van der Waals surface area contributed by atoms with E-state index in [0.29, 0.717) is 6.04 Å². The maximum absolute atomic E-state index is 5.66. The molecule has 0 amide bonds. The Morgan fingerprint density at radius 2 is 1.93 bits per heavy atom. The van der Waals surface area contributed by atoms with Gasteiger partial charge in [-0.05, 0) is 46.1 Å². The number of hydrogen-bond acceptors (Lipinski definition) is 3. The summed E-state index contributed by atoms with van der Waals surface area (Å²) >= 11 is 0. The number of hydrogen-bond donors (Lipinski definition) is 2. The lowest BCUT2D eigenvalue weighted by Gasteiger charge is -2.13. The molecule has 0 aromatic carbocycles. The molecule has 0 fully saturated rings. The summed E-state index contributed by atoms with van der Waals surface area (Å²) in [6.07, 6.45) is 1.88. The Bertz CT molecular complexity index is 305. The summed E-state index contributed by atoms with van der Waals surface area (Å²) in [6.45, 7) is 15.3. The summed E-state index contributed by atoms with van der Waals surface area (Å²) in [5, 5.41) is 3.18. The molecule has 0 saturated carbocycles. The van der Waals surface area contributed by atoms with Crippen LogP contribution in [0.15, 0.2) is 40.3 Å². The van der Waals surface area contributed by atoms with Crippen molar-refractivity contribution in [1.82, 2.24) is 5.32 Å². The normalized spacial score (nSPS) is 13.5. The van der Waals surface area contributed by atoms with Gasteiger partial charge in [0.15, 0.2) is 0 Å². The molecular weight excluding hydrogens is 186 g/mol. The number of aliphatic imine (C=N–C) groups is 1. The largest absolute Gasteiger partial charge is 0.402 e. The molecule has 0 saturated heterocycles. The minimum Gasteiger partial charge on any atom is -0.402 e. The lowest BCUT2D eigenvalue weighted by Crippen LogP contribution is -2.22. The van der Waals surface area contributed by atoms with Crippen LogP contribution in [0.2, 0.25) is 0 Å². The van der Waals surface area contributed by atoms with Crippen LogP contribution in [-0.2, 0) is 0 Å². The van der Waals surface area contributed by atoms with Crippen LogP contribution in [0.4, 0.5) is 0 Å². The van der Waals surface area contributed by atoms with E-state index in [1.807, 2.05) is 33.8 Å². The molecule has 0 heterocycles. The first-order valence-corrected chi connectivity index (χ1v) is 4.95. The summed E-state index contributed by atoms with van der Waals surface area (Å²) in [5.74, 6) is 0. The van der Waals surface area contributed by atoms with Crippen LogP contribution in [0.5, 0.6) is 0 Å². The first-order chi connectivity index (χ1) is 6.88. The second-order valence-electron chi connectivity index (χ2n) is 3.83. The van der Waals surface area contributed by atoms with Gasteiger partial charge in [-0.1, -0.05) is 6.58 Å². The van der Waals surface area contributed by atoms with E-state index in [0.717, 1.165) is 22.7 Å². The third-order valence-corrected chi connectivity index (χ3v) is 1.92. The van der Waals surface area contributed by atoms with E-state index in [1.54, 1.807) is 0 Å². The fourth-order valence-corrected chi connectivity index (χ4v) is 0.970. The third-order valence-electron chi connectivity index (χ3n) is 1.92. The molecule has 0 aliphatic carbocycles. The number of allylic oxidation sites excluding steroid dienone is 3. The fourth-order valence-electron chi connectivity index (χ4n) is 0.970. The van der Waals surface area contributed by atoms with Crippen molar-refractivity contribution >= 4 is 6.72 Å². The highest BCUT2D eigenvalue weighted by Gasteiger charge is 2.02. The van der Waals surface area contributed by atoms with Crippen molar-refractivity contribution in [1.29, 1.82) is 0 Å². The average molecular weight is 207 g/mol. The SMILES string of the molecule is C=N/C(=C/C(C)=C(/C)N)C(=C)NC(C)C. The lowest BCUT2D eigenvalue weighted by molar-refractivity contribution is 0.675. The zero-order chi connectivity index (χ0) is 12.0. The van der Waals surface area contributed by atoms with E-state index in [9.17, 15) is 0 Å². The van der Waals surface area contributed by atoms with Crippen molar-refractivity contribution < 1.29 is 0 Å². The highest BCUT2D eigenvalue weighted by Crippen LogP contribution is 2.11. The summed E-state index contributed by atoms with van der Waals surface area (Å²) in [7, 11) is 0. The Balaban J connectivity index is 4.85. The third kappa shape index (κ3) is 5.05. The van der Waals surface area contributed by atoms with Gasteiger partial charge in [0.25, 0.3) is 0 Å². The molecule has 0 spiro atoms. The maximum atomic E-state index is 5.66. The van der Waals surface area contributed by atoms with Gasteiger partial charge >= 0.3 is 0 Å². The fraction of sp³-hybridized carbons (Fsp3) is 0.417. The van der Waals surface area contributed by atoms with E-state index in [1.165, 1.54) is 0 Å². The van der Waals surface area contributed by atoms with E-state index in [2.05, 4.69) is 23.6 Å². The predicted molar refractivity (Wildman–Crippen MR) is 67.6 cm³/mol. The van der Waals surface area contributed by atoms with Crippen molar-refractivity contribution in [3.8, 4) is 0 Å². The molecule has 15 heavy (non-hydrogen) atoms. The Kier molecular flexibility index (Phi) is 5.45. The van der Waals surface area contributed by atoms with E-state index < -0.39 is 0 Å². The molecule has 3 N–H and O–H groups in total. The zero-order valence-corrected chi connectivity index (χ0v) is 10.1. The van der Waals surface area contributed by atoms with Crippen molar-refractivity contribution in [3.63, 3.8) is 0 Å². The number of nitrogens with two attached hydrogens (primary N) is 1. The highest BCUT2D eigenvalue weighted by atomic mass is 14.9. The van der Waals surface area contributed by atoms with Gasteiger partial charge in [0.05, 0.1) is 11.4 Å². The number of nitrogens with zero attached hydrogens (tertiary/aromatic N) is 1. The maximum Gasteiger partial charge on any atom is 0.0850 e.